The van der Waals surface area contributed by atoms with Gasteiger partial charge in [-0.1, -0.05) is 54.5 Å². The van der Waals surface area contributed by atoms with Crippen molar-refractivity contribution in [2.24, 2.45) is 0 Å². The highest BCUT2D eigenvalue weighted by molar-refractivity contribution is 7.22. The van der Waals surface area contributed by atoms with E-state index in [2.05, 4.69) is 11.9 Å². The van der Waals surface area contributed by atoms with Crippen LogP contribution in [0, 0.1) is 0 Å². The summed E-state index contributed by atoms with van der Waals surface area (Å²) in [5, 5.41) is 14.1. The van der Waals surface area contributed by atoms with Gasteiger partial charge in [-0.15, -0.1) is 11.3 Å². The first-order valence-electron chi connectivity index (χ1n) is 11.1. The molecule has 1 fully saturated rings. The van der Waals surface area contributed by atoms with Crippen LogP contribution in [0.4, 0.5) is 5.13 Å². The Balaban J connectivity index is 1.61. The summed E-state index contributed by atoms with van der Waals surface area (Å²) in [5.74, 6) is -1.14. The van der Waals surface area contributed by atoms with E-state index in [0.29, 0.717) is 33.6 Å². The van der Waals surface area contributed by atoms with Gasteiger partial charge in [-0.05, 0) is 48.2 Å². The van der Waals surface area contributed by atoms with Crippen LogP contribution in [-0.2, 0) is 9.59 Å². The number of halogens is 1. The van der Waals surface area contributed by atoms with Crippen LogP contribution in [0.5, 0.6) is 5.75 Å². The number of nitrogens with zero attached hydrogens (tertiary/aromatic N) is 2. The monoisotopic (exact) mass is 524 g/mol. The molecule has 4 aromatic rings. The van der Waals surface area contributed by atoms with Crippen molar-refractivity contribution >= 4 is 67.1 Å². The summed E-state index contributed by atoms with van der Waals surface area (Å²) in [6.07, 6.45) is 1.91. The smallest absolute Gasteiger partial charge is 0.301 e. The van der Waals surface area contributed by atoms with Crippen LogP contribution in [0.25, 0.3) is 16.0 Å². The summed E-state index contributed by atoms with van der Waals surface area (Å²) in [6, 6.07) is 15.1. The van der Waals surface area contributed by atoms with Crippen molar-refractivity contribution in [2.75, 3.05) is 11.5 Å². The average Bonchev–Trinajstić information content (AvgIpc) is 3.58. The largest absolute Gasteiger partial charge is 0.507 e. The summed E-state index contributed by atoms with van der Waals surface area (Å²) in [7, 11) is 0. The number of fused-ring (bicyclic) bond motifs is 1. The Bertz CT molecular complexity index is 1440. The molecule has 0 aliphatic carbocycles. The molecular formula is C26H21ClN2O4S2. The lowest BCUT2D eigenvalue weighted by Crippen LogP contribution is -2.28. The number of hydrogen-bond donors (Lipinski definition) is 1. The zero-order valence-corrected chi connectivity index (χ0v) is 21.1. The normalized spacial score (nSPS) is 17.4. The van der Waals surface area contributed by atoms with Crippen LogP contribution in [-0.4, -0.2) is 28.4 Å². The molecule has 6 nitrogen and oxygen atoms in total. The average molecular weight is 525 g/mol. The van der Waals surface area contributed by atoms with E-state index < -0.39 is 17.7 Å². The first-order chi connectivity index (χ1) is 17.0. The van der Waals surface area contributed by atoms with E-state index in [0.717, 1.165) is 22.4 Å². The fourth-order valence-corrected chi connectivity index (χ4v) is 6.05. The lowest BCUT2D eigenvalue weighted by molar-refractivity contribution is -0.132. The molecule has 1 N–H and O–H groups in total. The van der Waals surface area contributed by atoms with Gasteiger partial charge in [0.05, 0.1) is 22.4 Å². The molecule has 0 spiro atoms. The number of Topliss-reactive ketones (excluding diaryl/α,β-unsaturated/α-hetero) is 1. The summed E-state index contributed by atoms with van der Waals surface area (Å²) >= 11 is 8.81. The molecule has 1 aliphatic heterocycles. The first kappa shape index (κ1) is 23.5. The van der Waals surface area contributed by atoms with E-state index in [-0.39, 0.29) is 11.3 Å². The molecule has 3 heterocycles. The fourth-order valence-electron chi connectivity index (χ4n) is 3.96. The van der Waals surface area contributed by atoms with Crippen LogP contribution < -0.4 is 9.64 Å². The van der Waals surface area contributed by atoms with Gasteiger partial charge in [0.15, 0.2) is 5.13 Å². The van der Waals surface area contributed by atoms with Gasteiger partial charge >= 0.3 is 5.91 Å². The van der Waals surface area contributed by atoms with Crippen LogP contribution in [0.3, 0.4) is 0 Å². The van der Waals surface area contributed by atoms with Gasteiger partial charge in [0.1, 0.15) is 17.6 Å². The van der Waals surface area contributed by atoms with Crippen LogP contribution in [0.1, 0.15) is 36.2 Å². The summed E-state index contributed by atoms with van der Waals surface area (Å²) in [4.78, 5) is 33.3. The van der Waals surface area contributed by atoms with Gasteiger partial charge in [-0.3, -0.25) is 14.5 Å². The Morgan fingerprint density at radius 2 is 2.03 bits per heavy atom. The van der Waals surface area contributed by atoms with Crippen molar-refractivity contribution in [3.8, 4) is 5.75 Å². The van der Waals surface area contributed by atoms with Gasteiger partial charge in [0.25, 0.3) is 5.78 Å². The van der Waals surface area contributed by atoms with Crippen molar-refractivity contribution in [3.05, 3.63) is 81.0 Å². The number of thiazole rings is 1. The molecule has 178 valence electrons. The minimum Gasteiger partial charge on any atom is -0.507 e. The summed E-state index contributed by atoms with van der Waals surface area (Å²) in [5.41, 5.74) is 1.12. The van der Waals surface area contributed by atoms with Gasteiger partial charge < -0.3 is 9.84 Å². The third-order valence-corrected chi connectivity index (χ3v) is 7.85. The Labute approximate surface area is 215 Å². The molecule has 1 unspecified atom stereocenters. The summed E-state index contributed by atoms with van der Waals surface area (Å²) < 4.78 is 6.57. The molecule has 2 aromatic carbocycles. The number of carbonyl (C=O) groups is 2. The van der Waals surface area contributed by atoms with E-state index in [1.807, 2.05) is 17.5 Å². The Hall–Kier alpha value is -3.20. The number of amides is 1. The minimum absolute atomic E-state index is 0.0282. The number of rotatable bonds is 7. The highest BCUT2D eigenvalue weighted by Crippen LogP contribution is 2.45. The topological polar surface area (TPSA) is 79.7 Å². The second-order valence-electron chi connectivity index (χ2n) is 8.02. The molecule has 1 aliphatic rings. The minimum atomic E-state index is -0.796. The number of anilines is 1. The molecule has 1 amide bonds. The van der Waals surface area contributed by atoms with Crippen molar-refractivity contribution < 1.29 is 19.4 Å². The fraction of sp³-hybridized carbons (Fsp3) is 0.192. The van der Waals surface area contributed by atoms with Crippen molar-refractivity contribution in [3.63, 3.8) is 0 Å². The number of ether oxygens (including phenoxy) is 1. The molecule has 0 saturated carbocycles. The molecule has 9 heteroatoms. The van der Waals surface area contributed by atoms with Gasteiger partial charge in [-0.2, -0.15) is 0 Å². The van der Waals surface area contributed by atoms with E-state index in [4.69, 9.17) is 16.3 Å². The van der Waals surface area contributed by atoms with E-state index in [1.165, 1.54) is 27.6 Å². The summed E-state index contributed by atoms with van der Waals surface area (Å²) in [6.45, 7) is 2.64. The maximum Gasteiger partial charge on any atom is 0.301 e. The Morgan fingerprint density at radius 1 is 1.17 bits per heavy atom. The zero-order chi connectivity index (χ0) is 24.5. The number of unbranched alkanes of at least 4 members (excludes halogenated alkanes) is 1. The van der Waals surface area contributed by atoms with E-state index in [1.54, 1.807) is 42.5 Å². The third-order valence-electron chi connectivity index (χ3n) is 5.68. The highest BCUT2D eigenvalue weighted by Gasteiger charge is 2.48. The number of benzene rings is 2. The van der Waals surface area contributed by atoms with E-state index >= 15 is 0 Å². The van der Waals surface area contributed by atoms with Gasteiger partial charge in [0, 0.05) is 15.5 Å². The van der Waals surface area contributed by atoms with Crippen molar-refractivity contribution in [1.29, 1.82) is 0 Å². The number of carbonyl (C=O) groups excluding carboxylic acids is 2. The van der Waals surface area contributed by atoms with Crippen molar-refractivity contribution in [2.45, 2.75) is 25.8 Å². The van der Waals surface area contributed by atoms with Crippen LogP contribution in [0.15, 0.2) is 65.6 Å². The van der Waals surface area contributed by atoms with Gasteiger partial charge in [0.2, 0.25) is 0 Å². The number of hydrogen-bond acceptors (Lipinski definition) is 7. The number of aromatic nitrogens is 1. The number of aliphatic hydroxyl groups excluding tert-OH is 1. The number of thiophene rings is 1. The Kier molecular flexibility index (Phi) is 6.60. The van der Waals surface area contributed by atoms with Crippen LogP contribution >= 0.6 is 34.3 Å². The third kappa shape index (κ3) is 4.45. The van der Waals surface area contributed by atoms with E-state index in [9.17, 15) is 14.7 Å². The molecule has 1 atom stereocenters. The van der Waals surface area contributed by atoms with Crippen molar-refractivity contribution in [1.82, 2.24) is 4.98 Å². The quantitative estimate of drug-likeness (QED) is 0.124. The molecule has 0 radical (unpaired) electrons. The van der Waals surface area contributed by atoms with Gasteiger partial charge in [-0.25, -0.2) is 4.98 Å². The second-order valence-corrected chi connectivity index (χ2v) is 10.4. The number of ketones is 1. The molecule has 5 rings (SSSR count). The SMILES string of the molecule is CCCCOc1cccc(/C(O)=C2\C(=O)C(=O)N(c3nc4ccc(Cl)cc4s3)C2c2cccs2)c1. The first-order valence-corrected chi connectivity index (χ1v) is 13.2. The molecule has 1 saturated heterocycles. The lowest BCUT2D eigenvalue weighted by Gasteiger charge is -2.21. The second kappa shape index (κ2) is 9.81. The number of aliphatic hydroxyl groups is 1. The molecular weight excluding hydrogens is 504 g/mol. The Morgan fingerprint density at radius 3 is 2.80 bits per heavy atom. The lowest BCUT2D eigenvalue weighted by atomic mass is 10.00. The predicted octanol–water partition coefficient (Wildman–Crippen LogP) is 6.82. The molecule has 0 bridgehead atoms. The molecule has 35 heavy (non-hydrogen) atoms. The highest BCUT2D eigenvalue weighted by atomic mass is 35.5. The predicted molar refractivity (Wildman–Crippen MR) is 141 cm³/mol. The van der Waals surface area contributed by atoms with Crippen LogP contribution in [0.2, 0.25) is 5.02 Å². The zero-order valence-electron chi connectivity index (χ0n) is 18.7. The standard InChI is InChI=1S/C26H21ClN2O4S2/c1-2-3-11-33-17-7-4-6-15(13-17)23(30)21-22(19-8-5-12-34-19)29(25(32)24(21)31)26-28-18-10-9-16(27)14-20(18)35-26/h4-10,12-14,22,30H,2-3,11H2,1H3/b23-21+. The molecule has 2 aromatic heterocycles. The maximum absolute atomic E-state index is 13.3. The maximum atomic E-state index is 13.3.